The van der Waals surface area contributed by atoms with E-state index in [1.165, 1.54) is 6.92 Å². The lowest BCUT2D eigenvalue weighted by Crippen LogP contribution is -2.20. The fourth-order valence-corrected chi connectivity index (χ4v) is 2.00. The van der Waals surface area contributed by atoms with Crippen molar-refractivity contribution in [3.8, 4) is 0 Å². The molecule has 1 aromatic rings. The molecule has 2 rings (SSSR count). The zero-order chi connectivity index (χ0) is 12.8. The average molecular weight is 246 g/mol. The van der Waals surface area contributed by atoms with Gasteiger partial charge in [0.05, 0.1) is 11.0 Å². The van der Waals surface area contributed by atoms with Gasteiger partial charge in [-0.1, -0.05) is 0 Å². The topological polar surface area (TPSA) is 17.1 Å². The van der Waals surface area contributed by atoms with Gasteiger partial charge in [0.1, 0.15) is 11.6 Å². The lowest BCUT2D eigenvalue weighted by Gasteiger charge is -2.15. The minimum atomic E-state index is -4.52. The number of rotatable bonds is 2. The Hall–Kier alpha value is -1.39. The predicted octanol–water partition coefficient (Wildman–Crippen LogP) is 3.47. The van der Waals surface area contributed by atoms with Crippen LogP contribution in [0.2, 0.25) is 0 Å². The first-order valence-corrected chi connectivity index (χ1v) is 5.16. The van der Waals surface area contributed by atoms with Crippen LogP contribution in [0.15, 0.2) is 18.2 Å². The van der Waals surface area contributed by atoms with E-state index in [1.807, 2.05) is 0 Å². The molecule has 1 fully saturated rings. The number of hydrogen-bond donors (Lipinski definition) is 0. The third-order valence-corrected chi connectivity index (χ3v) is 3.23. The molecule has 0 spiro atoms. The van der Waals surface area contributed by atoms with Crippen LogP contribution in [0.25, 0.3) is 0 Å². The van der Waals surface area contributed by atoms with Gasteiger partial charge < -0.3 is 0 Å². The number of carbonyl (C=O) groups is 1. The first kappa shape index (κ1) is 12.1. The van der Waals surface area contributed by atoms with Crippen molar-refractivity contribution in [1.82, 2.24) is 0 Å². The summed E-state index contributed by atoms with van der Waals surface area (Å²) in [7, 11) is 0. The maximum absolute atomic E-state index is 13.5. The maximum Gasteiger partial charge on any atom is 0.416 e. The molecule has 5 heteroatoms. The van der Waals surface area contributed by atoms with Crippen LogP contribution < -0.4 is 0 Å². The second kappa shape index (κ2) is 3.55. The highest BCUT2D eigenvalue weighted by molar-refractivity contribution is 5.91. The molecule has 0 bridgehead atoms. The van der Waals surface area contributed by atoms with Crippen LogP contribution in [-0.2, 0) is 16.4 Å². The Balaban J connectivity index is 2.51. The number of hydrogen-bond acceptors (Lipinski definition) is 1. The van der Waals surface area contributed by atoms with Gasteiger partial charge in [-0.25, -0.2) is 4.39 Å². The van der Waals surface area contributed by atoms with E-state index in [0.717, 1.165) is 12.1 Å². The molecule has 1 aliphatic carbocycles. The van der Waals surface area contributed by atoms with Crippen molar-refractivity contribution in [2.45, 2.75) is 31.4 Å². The standard InChI is InChI=1S/C12H10F4O/c1-7(17)11(4-5-11)9-6-8(12(14,15)16)2-3-10(9)13/h2-3,6H,4-5H2,1H3. The minimum Gasteiger partial charge on any atom is -0.299 e. The third-order valence-electron chi connectivity index (χ3n) is 3.23. The highest BCUT2D eigenvalue weighted by Gasteiger charge is 2.51. The van der Waals surface area contributed by atoms with Crippen molar-refractivity contribution in [2.75, 3.05) is 0 Å². The zero-order valence-electron chi connectivity index (χ0n) is 9.07. The molecule has 17 heavy (non-hydrogen) atoms. The molecule has 1 saturated carbocycles. The van der Waals surface area contributed by atoms with E-state index in [1.54, 1.807) is 0 Å². The van der Waals surface area contributed by atoms with Crippen LogP contribution in [0.1, 0.15) is 30.9 Å². The quantitative estimate of drug-likeness (QED) is 0.730. The van der Waals surface area contributed by atoms with Gasteiger partial charge >= 0.3 is 6.18 Å². The van der Waals surface area contributed by atoms with E-state index in [9.17, 15) is 22.4 Å². The molecule has 1 aromatic carbocycles. The summed E-state index contributed by atoms with van der Waals surface area (Å²) >= 11 is 0. The smallest absolute Gasteiger partial charge is 0.299 e. The highest BCUT2D eigenvalue weighted by atomic mass is 19.4. The Morgan fingerprint density at radius 1 is 1.29 bits per heavy atom. The molecule has 0 atom stereocenters. The van der Waals surface area contributed by atoms with E-state index in [-0.39, 0.29) is 11.3 Å². The fraction of sp³-hybridized carbons (Fsp3) is 0.417. The Kier molecular flexibility index (Phi) is 2.52. The van der Waals surface area contributed by atoms with Crippen molar-refractivity contribution in [3.05, 3.63) is 35.1 Å². The summed E-state index contributed by atoms with van der Waals surface area (Å²) in [4.78, 5) is 11.4. The molecule has 0 unspecified atom stereocenters. The number of alkyl halides is 3. The second-order valence-corrected chi connectivity index (χ2v) is 4.33. The molecule has 0 heterocycles. The van der Waals surface area contributed by atoms with Gasteiger partial charge in [-0.15, -0.1) is 0 Å². The van der Waals surface area contributed by atoms with E-state index in [2.05, 4.69) is 0 Å². The van der Waals surface area contributed by atoms with Crippen molar-refractivity contribution >= 4 is 5.78 Å². The first-order valence-electron chi connectivity index (χ1n) is 5.16. The zero-order valence-corrected chi connectivity index (χ0v) is 9.07. The predicted molar refractivity (Wildman–Crippen MR) is 53.0 cm³/mol. The first-order chi connectivity index (χ1) is 7.77. The van der Waals surface area contributed by atoms with Crippen LogP contribution in [-0.4, -0.2) is 5.78 Å². The summed E-state index contributed by atoms with van der Waals surface area (Å²) < 4.78 is 51.0. The lowest BCUT2D eigenvalue weighted by atomic mass is 9.90. The molecule has 0 aliphatic heterocycles. The Labute approximate surface area is 95.4 Å². The Morgan fingerprint density at radius 3 is 2.29 bits per heavy atom. The van der Waals surface area contributed by atoms with Gasteiger partial charge in [0.2, 0.25) is 0 Å². The Bertz CT molecular complexity index is 472. The molecular formula is C12H10F4O. The number of Topliss-reactive ketones (excluding diaryl/α,β-unsaturated/α-hetero) is 1. The number of ketones is 1. The van der Waals surface area contributed by atoms with Crippen LogP contribution in [0.5, 0.6) is 0 Å². The summed E-state index contributed by atoms with van der Waals surface area (Å²) in [6.07, 6.45) is -3.68. The second-order valence-electron chi connectivity index (χ2n) is 4.33. The summed E-state index contributed by atoms with van der Waals surface area (Å²) in [6, 6.07) is 2.22. The van der Waals surface area contributed by atoms with Crippen LogP contribution >= 0.6 is 0 Å². The lowest BCUT2D eigenvalue weighted by molar-refractivity contribution is -0.137. The van der Waals surface area contributed by atoms with Gasteiger partial charge in [0, 0.05) is 5.56 Å². The molecule has 0 aromatic heterocycles. The van der Waals surface area contributed by atoms with Crippen LogP contribution in [0.4, 0.5) is 17.6 Å². The van der Waals surface area contributed by atoms with Crippen molar-refractivity contribution in [2.24, 2.45) is 0 Å². The highest BCUT2D eigenvalue weighted by Crippen LogP contribution is 2.50. The van der Waals surface area contributed by atoms with Gasteiger partial charge in [0.25, 0.3) is 0 Å². The van der Waals surface area contributed by atoms with Crippen LogP contribution in [0.3, 0.4) is 0 Å². The normalized spacial score (nSPS) is 17.9. The molecule has 0 N–H and O–H groups in total. The number of halogens is 4. The van der Waals surface area contributed by atoms with Gasteiger partial charge in [-0.05, 0) is 38.0 Å². The van der Waals surface area contributed by atoms with Crippen LogP contribution in [0, 0.1) is 5.82 Å². The van der Waals surface area contributed by atoms with Crippen molar-refractivity contribution < 1.29 is 22.4 Å². The van der Waals surface area contributed by atoms with E-state index >= 15 is 0 Å². The molecule has 92 valence electrons. The monoisotopic (exact) mass is 246 g/mol. The molecule has 1 nitrogen and oxygen atoms in total. The summed E-state index contributed by atoms with van der Waals surface area (Å²) in [5.74, 6) is -1.03. The van der Waals surface area contributed by atoms with E-state index < -0.39 is 23.0 Å². The maximum atomic E-state index is 13.5. The average Bonchev–Trinajstić information content (AvgIpc) is 2.97. The Morgan fingerprint density at radius 2 is 1.88 bits per heavy atom. The summed E-state index contributed by atoms with van der Waals surface area (Å²) in [5, 5.41) is 0. The number of benzene rings is 1. The van der Waals surface area contributed by atoms with E-state index in [0.29, 0.717) is 18.9 Å². The molecular weight excluding hydrogens is 236 g/mol. The molecule has 0 saturated heterocycles. The van der Waals surface area contributed by atoms with Crippen molar-refractivity contribution in [1.29, 1.82) is 0 Å². The summed E-state index contributed by atoms with van der Waals surface area (Å²) in [6.45, 7) is 1.28. The van der Waals surface area contributed by atoms with Gasteiger partial charge in [0.15, 0.2) is 0 Å². The fourth-order valence-electron chi connectivity index (χ4n) is 2.00. The minimum absolute atomic E-state index is 0.125. The van der Waals surface area contributed by atoms with Crippen molar-refractivity contribution in [3.63, 3.8) is 0 Å². The molecule has 1 aliphatic rings. The molecule has 0 amide bonds. The molecule has 0 radical (unpaired) electrons. The summed E-state index contributed by atoms with van der Waals surface area (Å²) in [5.41, 5.74) is -2.06. The third kappa shape index (κ3) is 1.94. The number of carbonyl (C=O) groups excluding carboxylic acids is 1. The van der Waals surface area contributed by atoms with Gasteiger partial charge in [-0.2, -0.15) is 13.2 Å². The van der Waals surface area contributed by atoms with E-state index in [4.69, 9.17) is 0 Å². The van der Waals surface area contributed by atoms with Gasteiger partial charge in [-0.3, -0.25) is 4.79 Å². The SMILES string of the molecule is CC(=O)C1(c2cc(C(F)(F)F)ccc2F)CC1. The largest absolute Gasteiger partial charge is 0.416 e.